The maximum Gasteiger partial charge on any atom is 0.261 e. The number of carbonyl (C=O) groups excluding carboxylic acids is 1. The molecule has 0 aromatic heterocycles. The average molecular weight is 633 g/mol. The van der Waals surface area contributed by atoms with Crippen LogP contribution < -0.4 is 10.4 Å². The molecule has 0 saturated heterocycles. The van der Waals surface area contributed by atoms with Crippen LogP contribution in [0.15, 0.2) is 90.2 Å². The molecule has 3 rings (SSSR count). The van der Waals surface area contributed by atoms with Crippen LogP contribution in [0.5, 0.6) is 0 Å². The molecular formula is C38H56O4Si2. The van der Waals surface area contributed by atoms with Gasteiger partial charge in [0.15, 0.2) is 14.1 Å². The topological polar surface area (TPSA) is 55.8 Å². The highest BCUT2D eigenvalue weighted by Gasteiger charge is 2.50. The molecule has 0 heterocycles. The zero-order valence-corrected chi connectivity index (χ0v) is 30.9. The van der Waals surface area contributed by atoms with Gasteiger partial charge < -0.3 is 14.0 Å². The van der Waals surface area contributed by atoms with Crippen molar-refractivity contribution in [2.75, 3.05) is 13.2 Å². The van der Waals surface area contributed by atoms with Gasteiger partial charge in [-0.2, -0.15) is 0 Å². The third-order valence-electron chi connectivity index (χ3n) is 10.3. The molecule has 0 unspecified atom stereocenters. The second-order valence-electron chi connectivity index (χ2n) is 15.4. The van der Waals surface area contributed by atoms with Gasteiger partial charge in [0.05, 0.1) is 0 Å². The zero-order chi connectivity index (χ0) is 33.0. The number of hydrogen-bond acceptors (Lipinski definition) is 4. The first-order valence-electron chi connectivity index (χ1n) is 16.1. The lowest BCUT2D eigenvalue weighted by Crippen LogP contribution is -2.66. The molecule has 0 amide bonds. The van der Waals surface area contributed by atoms with Crippen LogP contribution in [-0.2, 0) is 13.6 Å². The molecule has 1 aliphatic carbocycles. The summed E-state index contributed by atoms with van der Waals surface area (Å²) in [5, 5.41) is 14.3. The van der Waals surface area contributed by atoms with E-state index in [0.29, 0.717) is 38.0 Å². The van der Waals surface area contributed by atoms with E-state index in [1.165, 1.54) is 10.4 Å². The first-order valence-corrected chi connectivity index (χ1v) is 20.9. The number of allylic oxidation sites excluding steroid dienone is 1. The predicted molar refractivity (Wildman–Crippen MR) is 190 cm³/mol. The first-order chi connectivity index (χ1) is 20.4. The lowest BCUT2D eigenvalue weighted by molar-refractivity contribution is -0.117. The molecule has 6 heteroatoms. The van der Waals surface area contributed by atoms with Crippen LogP contribution in [0.25, 0.3) is 0 Å². The molecule has 0 spiro atoms. The van der Waals surface area contributed by atoms with Gasteiger partial charge in [-0.15, -0.1) is 5.73 Å². The van der Waals surface area contributed by atoms with Crippen LogP contribution in [0, 0.1) is 11.3 Å². The Morgan fingerprint density at radius 1 is 0.977 bits per heavy atom. The van der Waals surface area contributed by atoms with Crippen molar-refractivity contribution in [1.29, 1.82) is 0 Å². The summed E-state index contributed by atoms with van der Waals surface area (Å²) in [6.07, 6.45) is 2.44. The Bertz CT molecular complexity index is 1310. The summed E-state index contributed by atoms with van der Waals surface area (Å²) in [4.78, 5) is 12.8. The van der Waals surface area contributed by atoms with Gasteiger partial charge in [-0.25, -0.2) is 0 Å². The summed E-state index contributed by atoms with van der Waals surface area (Å²) >= 11 is 0. The average Bonchev–Trinajstić information content (AvgIpc) is 2.95. The van der Waals surface area contributed by atoms with Crippen molar-refractivity contribution >= 4 is 32.8 Å². The Hall–Kier alpha value is -2.32. The fraction of sp³-hybridized carbons (Fsp3) is 0.526. The van der Waals surface area contributed by atoms with Gasteiger partial charge in [0.25, 0.3) is 8.32 Å². The normalized spacial score (nSPS) is 20.6. The van der Waals surface area contributed by atoms with Crippen LogP contribution in [0.4, 0.5) is 0 Å². The number of hydrogen-bond donors (Lipinski definition) is 1. The maximum atomic E-state index is 12.8. The van der Waals surface area contributed by atoms with E-state index < -0.39 is 28.2 Å². The first kappa shape index (κ1) is 36.2. The summed E-state index contributed by atoms with van der Waals surface area (Å²) in [5.41, 5.74) is 3.99. The van der Waals surface area contributed by atoms with Crippen LogP contribution in [-0.4, -0.2) is 46.8 Å². The highest BCUT2D eigenvalue weighted by atomic mass is 28.4. The Morgan fingerprint density at radius 3 is 1.95 bits per heavy atom. The third-order valence-corrected chi connectivity index (χ3v) is 19.8. The van der Waals surface area contributed by atoms with Crippen molar-refractivity contribution < 1.29 is 18.8 Å². The second kappa shape index (κ2) is 14.0. The largest absolute Gasteiger partial charge is 0.416 e. The lowest BCUT2D eigenvalue weighted by atomic mass is 9.65. The predicted octanol–water partition coefficient (Wildman–Crippen LogP) is 7.98. The number of rotatable bonds is 12. The van der Waals surface area contributed by atoms with E-state index in [4.69, 9.17) is 8.85 Å². The summed E-state index contributed by atoms with van der Waals surface area (Å²) in [7, 11) is -4.69. The summed E-state index contributed by atoms with van der Waals surface area (Å²) < 4.78 is 13.8. The van der Waals surface area contributed by atoms with Crippen molar-refractivity contribution in [3.8, 4) is 0 Å². The van der Waals surface area contributed by atoms with E-state index in [1.807, 2.05) is 0 Å². The Balaban J connectivity index is 1.84. The standard InChI is InChI=1S/C38H56O4Si2/c1-12-30(35(40)34-27-31(39)26-29(2)38(34,9)28-42-43(10,11)36(3,4)5)20-19-25-41-44(37(6,7)8,32-21-15-13-16-22-32)33-23-17-14-18-24-33/h13-18,21-24,27,29,35,40H,1,19-20,25-26,28H2,2-11H3/t29-,35-,38+/m1/s1. The van der Waals surface area contributed by atoms with Crippen molar-refractivity contribution in [1.82, 2.24) is 0 Å². The quantitative estimate of drug-likeness (QED) is 0.146. The van der Waals surface area contributed by atoms with Crippen LogP contribution >= 0.6 is 0 Å². The molecule has 240 valence electrons. The minimum atomic E-state index is -2.65. The maximum absolute atomic E-state index is 12.8. The number of ketones is 1. The molecule has 0 aliphatic heterocycles. The van der Waals surface area contributed by atoms with Crippen molar-refractivity contribution in [3.05, 3.63) is 90.2 Å². The van der Waals surface area contributed by atoms with Gasteiger partial charge in [0, 0.05) is 30.6 Å². The fourth-order valence-corrected chi connectivity index (χ4v) is 11.8. The van der Waals surface area contributed by atoms with Crippen LogP contribution in [0.2, 0.25) is 23.2 Å². The van der Waals surface area contributed by atoms with Gasteiger partial charge in [-0.1, -0.05) is 123 Å². The summed E-state index contributed by atoms with van der Waals surface area (Å²) in [6, 6.07) is 21.3. The Labute approximate surface area is 269 Å². The Morgan fingerprint density at radius 2 is 1.50 bits per heavy atom. The van der Waals surface area contributed by atoms with E-state index in [9.17, 15) is 9.90 Å². The molecule has 3 atom stereocenters. The number of aliphatic hydroxyl groups is 1. The van der Waals surface area contributed by atoms with Crippen LogP contribution in [0.3, 0.4) is 0 Å². The molecule has 0 saturated carbocycles. The highest BCUT2D eigenvalue weighted by Crippen LogP contribution is 2.46. The molecular weight excluding hydrogens is 577 g/mol. The monoisotopic (exact) mass is 632 g/mol. The molecule has 2 aromatic rings. The van der Waals surface area contributed by atoms with Gasteiger partial charge in [-0.05, 0) is 64.0 Å². The van der Waals surface area contributed by atoms with Crippen molar-refractivity contribution in [2.24, 2.45) is 11.3 Å². The van der Waals surface area contributed by atoms with E-state index >= 15 is 0 Å². The number of benzene rings is 2. The van der Waals surface area contributed by atoms with E-state index in [0.717, 1.165) is 5.57 Å². The highest BCUT2D eigenvalue weighted by molar-refractivity contribution is 6.99. The SMILES string of the molecule is C=C=C(CCCO[Si](c1ccccc1)(c1ccccc1)C(C)(C)C)[C@@H](O)C1=CC(=O)C[C@@H](C)[C@]1(C)CO[Si](C)(C)C(C)(C)C. The fourth-order valence-electron chi connectivity index (χ4n) is 6.13. The van der Waals surface area contributed by atoms with Gasteiger partial charge in [0.2, 0.25) is 0 Å². The van der Waals surface area contributed by atoms with E-state index in [1.54, 1.807) is 6.08 Å². The van der Waals surface area contributed by atoms with E-state index in [-0.39, 0.29) is 21.8 Å². The number of aliphatic hydroxyl groups excluding tert-OH is 1. The molecule has 0 radical (unpaired) electrons. The third kappa shape index (κ3) is 7.55. The van der Waals surface area contributed by atoms with Crippen molar-refractivity contribution in [3.63, 3.8) is 0 Å². The van der Waals surface area contributed by atoms with Gasteiger partial charge in [-0.3, -0.25) is 4.79 Å². The van der Waals surface area contributed by atoms with Crippen molar-refractivity contribution in [2.45, 2.75) is 104 Å². The van der Waals surface area contributed by atoms with Gasteiger partial charge >= 0.3 is 0 Å². The van der Waals surface area contributed by atoms with E-state index in [2.05, 4.69) is 141 Å². The minimum absolute atomic E-state index is 0.0407. The lowest BCUT2D eigenvalue weighted by Gasteiger charge is -2.46. The zero-order valence-electron chi connectivity index (χ0n) is 28.9. The molecule has 2 aromatic carbocycles. The summed E-state index contributed by atoms with van der Waals surface area (Å²) in [5.74, 6) is 0.0914. The molecule has 1 aliphatic rings. The molecule has 44 heavy (non-hydrogen) atoms. The van der Waals surface area contributed by atoms with Crippen LogP contribution in [0.1, 0.15) is 74.7 Å². The molecule has 0 bridgehead atoms. The minimum Gasteiger partial charge on any atom is -0.416 e. The number of carbonyl (C=O) groups is 1. The van der Waals surface area contributed by atoms with Gasteiger partial charge in [0.1, 0.15) is 6.10 Å². The Kier molecular flexibility index (Phi) is 11.5. The molecule has 0 fully saturated rings. The second-order valence-corrected chi connectivity index (χ2v) is 24.5. The molecule has 4 nitrogen and oxygen atoms in total. The summed E-state index contributed by atoms with van der Waals surface area (Å²) in [6.45, 7) is 27.2. The molecule has 1 N–H and O–H groups in total. The smallest absolute Gasteiger partial charge is 0.261 e.